The summed E-state index contributed by atoms with van der Waals surface area (Å²) >= 11 is 12.9. The molecule has 1 unspecified atom stereocenters. The molecular formula is C14H15Cl2N3. The van der Waals surface area contributed by atoms with Crippen molar-refractivity contribution in [2.45, 2.75) is 30.7 Å². The van der Waals surface area contributed by atoms with Gasteiger partial charge in [0.2, 0.25) is 0 Å². The van der Waals surface area contributed by atoms with Crippen LogP contribution in [0.3, 0.4) is 0 Å². The van der Waals surface area contributed by atoms with Crippen molar-refractivity contribution in [3.63, 3.8) is 0 Å². The van der Waals surface area contributed by atoms with Gasteiger partial charge in [-0.25, -0.2) is 4.98 Å². The molecule has 1 aromatic heterocycles. The van der Waals surface area contributed by atoms with Gasteiger partial charge in [0.25, 0.3) is 0 Å². The van der Waals surface area contributed by atoms with Gasteiger partial charge in [-0.3, -0.25) is 4.68 Å². The van der Waals surface area contributed by atoms with Gasteiger partial charge in [-0.15, -0.1) is 11.6 Å². The smallest absolute Gasteiger partial charge is 0.137 e. The number of benzene rings is 1. The van der Waals surface area contributed by atoms with E-state index in [1.54, 1.807) is 12.7 Å². The summed E-state index contributed by atoms with van der Waals surface area (Å²) in [6.45, 7) is 0.786. The fraction of sp³-hybridized carbons (Fsp3) is 0.429. The Labute approximate surface area is 122 Å². The number of hydrogen-bond acceptors (Lipinski definition) is 2. The lowest BCUT2D eigenvalue weighted by Crippen LogP contribution is -2.25. The highest BCUT2D eigenvalue weighted by Gasteiger charge is 2.47. The summed E-state index contributed by atoms with van der Waals surface area (Å²) < 4.78 is 1.85. The molecule has 3 nitrogen and oxygen atoms in total. The molecule has 1 fully saturated rings. The molecule has 0 amide bonds. The molecular weight excluding hydrogens is 281 g/mol. The molecule has 0 saturated heterocycles. The molecule has 0 spiro atoms. The Bertz CT molecular complexity index is 550. The number of halogens is 2. The fourth-order valence-corrected chi connectivity index (χ4v) is 2.87. The second-order valence-corrected chi connectivity index (χ2v) is 6.30. The van der Waals surface area contributed by atoms with Gasteiger partial charge in [0.15, 0.2) is 0 Å². The predicted molar refractivity (Wildman–Crippen MR) is 76.5 cm³/mol. The van der Waals surface area contributed by atoms with E-state index in [9.17, 15) is 0 Å². The molecule has 0 aliphatic heterocycles. The molecule has 1 aliphatic carbocycles. The maximum atomic E-state index is 6.62. The molecule has 19 heavy (non-hydrogen) atoms. The maximum Gasteiger partial charge on any atom is 0.137 e. The highest BCUT2D eigenvalue weighted by Crippen LogP contribution is 2.50. The topological polar surface area (TPSA) is 30.7 Å². The van der Waals surface area contributed by atoms with Crippen LogP contribution < -0.4 is 0 Å². The fourth-order valence-electron chi connectivity index (χ4n) is 2.42. The number of rotatable bonds is 5. The Hall–Kier alpha value is -1.06. The first kappa shape index (κ1) is 12.9. The standard InChI is InChI=1S/C14H15Cl2N3/c15-13-4-2-1-3-11(13)7-12(14(16)5-6-14)8-19-10-17-9-18-19/h1-4,9-10,12H,5-8H2. The van der Waals surface area contributed by atoms with E-state index >= 15 is 0 Å². The van der Waals surface area contributed by atoms with Crippen molar-refractivity contribution in [2.75, 3.05) is 0 Å². The van der Waals surface area contributed by atoms with Crippen LogP contribution in [0.25, 0.3) is 0 Å². The molecule has 1 atom stereocenters. The summed E-state index contributed by atoms with van der Waals surface area (Å²) in [4.78, 5) is 3.89. The summed E-state index contributed by atoms with van der Waals surface area (Å²) in [7, 11) is 0. The summed E-state index contributed by atoms with van der Waals surface area (Å²) in [5, 5.41) is 4.99. The van der Waals surface area contributed by atoms with Crippen molar-refractivity contribution in [1.29, 1.82) is 0 Å². The molecule has 100 valence electrons. The van der Waals surface area contributed by atoms with Gasteiger partial charge in [-0.05, 0) is 30.9 Å². The maximum absolute atomic E-state index is 6.62. The Kier molecular flexibility index (Phi) is 3.50. The molecule has 5 heteroatoms. The zero-order valence-electron chi connectivity index (χ0n) is 10.5. The minimum absolute atomic E-state index is 0.0921. The first-order chi connectivity index (χ1) is 9.17. The second kappa shape index (κ2) is 5.14. The van der Waals surface area contributed by atoms with Gasteiger partial charge in [0, 0.05) is 22.4 Å². The first-order valence-corrected chi connectivity index (χ1v) is 7.18. The quantitative estimate of drug-likeness (QED) is 0.790. The number of hydrogen-bond donors (Lipinski definition) is 0. The van der Waals surface area contributed by atoms with Gasteiger partial charge in [-0.2, -0.15) is 5.10 Å². The summed E-state index contributed by atoms with van der Waals surface area (Å²) in [5.41, 5.74) is 1.15. The van der Waals surface area contributed by atoms with Gasteiger partial charge >= 0.3 is 0 Å². The normalized spacial score (nSPS) is 18.2. The van der Waals surface area contributed by atoms with E-state index in [1.165, 1.54) is 0 Å². The lowest BCUT2D eigenvalue weighted by atomic mass is 9.94. The third kappa shape index (κ3) is 2.93. The number of aromatic nitrogens is 3. The van der Waals surface area contributed by atoms with E-state index in [4.69, 9.17) is 23.2 Å². The Morgan fingerprint density at radius 1 is 1.32 bits per heavy atom. The van der Waals surface area contributed by atoms with E-state index < -0.39 is 0 Å². The average molecular weight is 296 g/mol. The highest BCUT2D eigenvalue weighted by atomic mass is 35.5. The summed E-state index contributed by atoms with van der Waals surface area (Å²) in [6.07, 6.45) is 6.31. The van der Waals surface area contributed by atoms with Gasteiger partial charge < -0.3 is 0 Å². The average Bonchev–Trinajstić information content (AvgIpc) is 2.95. The van der Waals surface area contributed by atoms with Crippen LogP contribution in [0.1, 0.15) is 18.4 Å². The van der Waals surface area contributed by atoms with Crippen molar-refractivity contribution in [3.05, 3.63) is 47.5 Å². The first-order valence-electron chi connectivity index (χ1n) is 6.42. The largest absolute Gasteiger partial charge is 0.253 e. The second-order valence-electron chi connectivity index (χ2n) is 5.14. The van der Waals surface area contributed by atoms with Crippen LogP contribution >= 0.6 is 23.2 Å². The predicted octanol–water partition coefficient (Wildman–Crippen LogP) is 3.56. The molecule has 0 radical (unpaired) electrons. The van der Waals surface area contributed by atoms with Crippen LogP contribution in [0.15, 0.2) is 36.9 Å². The van der Waals surface area contributed by atoms with Crippen LogP contribution in [0.5, 0.6) is 0 Å². The zero-order chi connectivity index (χ0) is 13.3. The lowest BCUT2D eigenvalue weighted by Gasteiger charge is -2.22. The van der Waals surface area contributed by atoms with Gasteiger partial charge in [-0.1, -0.05) is 29.8 Å². The van der Waals surface area contributed by atoms with E-state index in [2.05, 4.69) is 16.1 Å². The molecule has 1 aliphatic rings. The number of nitrogens with zero attached hydrogens (tertiary/aromatic N) is 3. The molecule has 1 saturated carbocycles. The Morgan fingerprint density at radius 2 is 2.11 bits per heavy atom. The Morgan fingerprint density at radius 3 is 2.74 bits per heavy atom. The summed E-state index contributed by atoms with van der Waals surface area (Å²) in [5.74, 6) is 0.329. The minimum atomic E-state index is -0.0921. The monoisotopic (exact) mass is 295 g/mol. The van der Waals surface area contributed by atoms with Crippen LogP contribution in [0.4, 0.5) is 0 Å². The summed E-state index contributed by atoms with van der Waals surface area (Å²) in [6, 6.07) is 7.96. The third-order valence-electron chi connectivity index (χ3n) is 3.76. The van der Waals surface area contributed by atoms with Crippen LogP contribution in [0.2, 0.25) is 5.02 Å². The highest BCUT2D eigenvalue weighted by molar-refractivity contribution is 6.31. The molecule has 3 rings (SSSR count). The van der Waals surface area contributed by atoms with Crippen molar-refractivity contribution < 1.29 is 0 Å². The molecule has 1 aromatic carbocycles. The molecule has 1 heterocycles. The lowest BCUT2D eigenvalue weighted by molar-refractivity contribution is 0.388. The van der Waals surface area contributed by atoms with Crippen molar-refractivity contribution >= 4 is 23.2 Å². The van der Waals surface area contributed by atoms with Crippen LogP contribution in [-0.2, 0) is 13.0 Å². The van der Waals surface area contributed by atoms with E-state index in [0.717, 1.165) is 36.4 Å². The van der Waals surface area contributed by atoms with E-state index in [0.29, 0.717) is 5.92 Å². The minimum Gasteiger partial charge on any atom is -0.253 e. The van der Waals surface area contributed by atoms with E-state index in [-0.39, 0.29) is 4.87 Å². The van der Waals surface area contributed by atoms with Gasteiger partial charge in [0.1, 0.15) is 12.7 Å². The third-order valence-corrected chi connectivity index (χ3v) is 4.81. The molecule has 2 aromatic rings. The van der Waals surface area contributed by atoms with Crippen LogP contribution in [-0.4, -0.2) is 19.6 Å². The number of alkyl halides is 1. The molecule has 0 N–H and O–H groups in total. The Balaban J connectivity index is 1.79. The van der Waals surface area contributed by atoms with Crippen LogP contribution in [0, 0.1) is 5.92 Å². The van der Waals surface area contributed by atoms with E-state index in [1.807, 2.05) is 22.9 Å². The van der Waals surface area contributed by atoms with Gasteiger partial charge in [0.05, 0.1) is 0 Å². The van der Waals surface area contributed by atoms with Crippen molar-refractivity contribution in [1.82, 2.24) is 14.8 Å². The van der Waals surface area contributed by atoms with Crippen molar-refractivity contribution in [3.8, 4) is 0 Å². The SMILES string of the molecule is Clc1ccccc1CC(Cn1cncn1)C1(Cl)CC1. The van der Waals surface area contributed by atoms with Crippen molar-refractivity contribution in [2.24, 2.45) is 5.92 Å². The molecule has 0 bridgehead atoms. The zero-order valence-corrected chi connectivity index (χ0v) is 12.0.